The first-order valence-electron chi connectivity index (χ1n) is 13.9. The third-order valence-electron chi connectivity index (χ3n) is 7.45. The Balaban J connectivity index is 1.38. The predicted octanol–water partition coefficient (Wildman–Crippen LogP) is 6.74. The standard InChI is InChI=1S/C32H39F3N2O3/c1-6-24(16-22-10-8-7-9-11-22)26-17-27(26)37(29(39)32(33,34)35)21-31(5)19-36(20-31)18-23-12-14-25(15-13-23)28(38)40-30(2,3)4/h7-16,26-27H,6,17-21H2,1-5H3/t26?,27-/m0/s1. The molecular weight excluding hydrogens is 517 g/mol. The lowest BCUT2D eigenvalue weighted by Crippen LogP contribution is -2.60. The maximum atomic E-state index is 13.6. The van der Waals surface area contributed by atoms with Crippen molar-refractivity contribution in [1.82, 2.24) is 9.80 Å². The summed E-state index contributed by atoms with van der Waals surface area (Å²) in [4.78, 5) is 28.1. The Labute approximate surface area is 235 Å². The summed E-state index contributed by atoms with van der Waals surface area (Å²) in [6.45, 7) is 11.3. The number of amides is 1. The molecule has 0 spiro atoms. The van der Waals surface area contributed by atoms with Gasteiger partial charge in [0.2, 0.25) is 0 Å². The van der Waals surface area contributed by atoms with E-state index in [1.54, 1.807) is 12.1 Å². The van der Waals surface area contributed by atoms with Crippen molar-refractivity contribution in [1.29, 1.82) is 0 Å². The number of rotatable bonds is 9. The van der Waals surface area contributed by atoms with Crippen LogP contribution in [0.25, 0.3) is 6.08 Å². The molecule has 1 saturated heterocycles. The number of halogens is 3. The van der Waals surface area contributed by atoms with Crippen molar-refractivity contribution in [3.63, 3.8) is 0 Å². The van der Waals surface area contributed by atoms with Crippen LogP contribution in [0.1, 0.15) is 68.9 Å². The van der Waals surface area contributed by atoms with E-state index in [1.807, 2.05) is 83.2 Å². The lowest BCUT2D eigenvalue weighted by molar-refractivity contribution is -0.189. The Kier molecular flexibility index (Phi) is 8.50. The molecule has 2 atom stereocenters. The van der Waals surface area contributed by atoms with Crippen LogP contribution < -0.4 is 0 Å². The second kappa shape index (κ2) is 11.4. The maximum absolute atomic E-state index is 13.6. The Hall–Kier alpha value is -3.13. The molecule has 0 radical (unpaired) electrons. The first-order chi connectivity index (χ1) is 18.7. The summed E-state index contributed by atoms with van der Waals surface area (Å²) in [6.07, 6.45) is -1.58. The zero-order valence-electron chi connectivity index (χ0n) is 23.9. The minimum absolute atomic E-state index is 0.0558. The molecule has 1 heterocycles. The summed E-state index contributed by atoms with van der Waals surface area (Å²) in [5, 5.41) is 0. The summed E-state index contributed by atoms with van der Waals surface area (Å²) in [5.74, 6) is -2.18. The average molecular weight is 557 g/mol. The Morgan fingerprint density at radius 1 is 1.05 bits per heavy atom. The molecule has 5 nitrogen and oxygen atoms in total. The third kappa shape index (κ3) is 7.53. The van der Waals surface area contributed by atoms with Crippen molar-refractivity contribution in [2.45, 2.75) is 71.8 Å². The zero-order valence-corrected chi connectivity index (χ0v) is 23.9. The van der Waals surface area contributed by atoms with E-state index in [0.717, 1.165) is 28.0 Å². The second-order valence-electron chi connectivity index (χ2n) is 12.5. The summed E-state index contributed by atoms with van der Waals surface area (Å²) in [6, 6.07) is 16.5. The first kappa shape index (κ1) is 29.8. The molecule has 1 saturated carbocycles. The smallest absolute Gasteiger partial charge is 0.456 e. The van der Waals surface area contributed by atoms with Crippen molar-refractivity contribution in [3.05, 3.63) is 76.9 Å². The molecule has 216 valence electrons. The normalized spacial score (nSPS) is 20.9. The molecule has 1 unspecified atom stereocenters. The highest BCUT2D eigenvalue weighted by atomic mass is 19.4. The van der Waals surface area contributed by atoms with Gasteiger partial charge in [0.1, 0.15) is 5.60 Å². The van der Waals surface area contributed by atoms with Crippen LogP contribution in [-0.2, 0) is 16.1 Å². The second-order valence-corrected chi connectivity index (χ2v) is 12.5. The predicted molar refractivity (Wildman–Crippen MR) is 149 cm³/mol. The van der Waals surface area contributed by atoms with E-state index >= 15 is 0 Å². The zero-order chi connectivity index (χ0) is 29.3. The first-order valence-corrected chi connectivity index (χ1v) is 13.9. The molecular formula is C32H39F3N2O3. The van der Waals surface area contributed by atoms with Gasteiger partial charge in [-0.2, -0.15) is 13.2 Å². The third-order valence-corrected chi connectivity index (χ3v) is 7.45. The molecule has 2 fully saturated rings. The molecule has 40 heavy (non-hydrogen) atoms. The number of carbonyl (C=O) groups excluding carboxylic acids is 2. The van der Waals surface area contributed by atoms with Gasteiger partial charge >= 0.3 is 18.1 Å². The van der Waals surface area contributed by atoms with E-state index < -0.39 is 29.1 Å². The molecule has 0 aromatic heterocycles. The van der Waals surface area contributed by atoms with Gasteiger partial charge in [-0.25, -0.2) is 4.79 Å². The molecule has 1 amide bonds. The minimum Gasteiger partial charge on any atom is -0.456 e. The van der Waals surface area contributed by atoms with Crippen LogP contribution in [0.3, 0.4) is 0 Å². The lowest BCUT2D eigenvalue weighted by atomic mass is 9.81. The van der Waals surface area contributed by atoms with Gasteiger partial charge in [-0.1, -0.05) is 68.0 Å². The molecule has 2 aromatic rings. The van der Waals surface area contributed by atoms with Gasteiger partial charge in [-0.3, -0.25) is 9.69 Å². The Morgan fingerprint density at radius 3 is 2.23 bits per heavy atom. The molecule has 4 rings (SSSR count). The van der Waals surface area contributed by atoms with Crippen LogP contribution in [0.4, 0.5) is 13.2 Å². The number of hydrogen-bond donors (Lipinski definition) is 0. The summed E-state index contributed by atoms with van der Waals surface area (Å²) in [7, 11) is 0. The van der Waals surface area contributed by atoms with E-state index in [9.17, 15) is 22.8 Å². The quantitative estimate of drug-likeness (QED) is 0.321. The fourth-order valence-electron chi connectivity index (χ4n) is 5.66. The summed E-state index contributed by atoms with van der Waals surface area (Å²) in [5.41, 5.74) is 2.56. The van der Waals surface area contributed by atoms with Crippen molar-refractivity contribution in [2.24, 2.45) is 11.3 Å². The fourth-order valence-corrected chi connectivity index (χ4v) is 5.66. The number of likely N-dealkylation sites (tertiary alicyclic amines) is 1. The number of ether oxygens (including phenoxy) is 1. The van der Waals surface area contributed by atoms with Gasteiger partial charge in [0.05, 0.1) is 5.56 Å². The van der Waals surface area contributed by atoms with Crippen LogP contribution in [0.15, 0.2) is 60.2 Å². The van der Waals surface area contributed by atoms with Crippen molar-refractivity contribution >= 4 is 18.0 Å². The highest BCUT2D eigenvalue weighted by Crippen LogP contribution is 2.46. The molecule has 1 aliphatic carbocycles. The van der Waals surface area contributed by atoms with E-state index in [0.29, 0.717) is 31.6 Å². The van der Waals surface area contributed by atoms with Crippen molar-refractivity contribution < 1.29 is 27.5 Å². The monoisotopic (exact) mass is 556 g/mol. The van der Waals surface area contributed by atoms with E-state index in [4.69, 9.17) is 4.74 Å². The van der Waals surface area contributed by atoms with Crippen molar-refractivity contribution in [2.75, 3.05) is 19.6 Å². The molecule has 2 aromatic carbocycles. The van der Waals surface area contributed by atoms with Crippen molar-refractivity contribution in [3.8, 4) is 0 Å². The van der Waals surface area contributed by atoms with Gasteiger partial charge in [-0.05, 0) is 56.9 Å². The van der Waals surface area contributed by atoms with Crippen LogP contribution in [-0.4, -0.2) is 59.1 Å². The number of hydrogen-bond acceptors (Lipinski definition) is 4. The van der Waals surface area contributed by atoms with Gasteiger partial charge in [0, 0.05) is 43.6 Å². The molecule has 8 heteroatoms. The van der Waals surface area contributed by atoms with E-state index in [1.165, 1.54) is 0 Å². The minimum atomic E-state index is -4.90. The van der Waals surface area contributed by atoms with E-state index in [-0.39, 0.29) is 18.4 Å². The highest BCUT2D eigenvalue weighted by molar-refractivity contribution is 5.89. The highest BCUT2D eigenvalue weighted by Gasteiger charge is 2.54. The molecule has 2 aliphatic rings. The largest absolute Gasteiger partial charge is 0.471 e. The summed E-state index contributed by atoms with van der Waals surface area (Å²) < 4.78 is 46.3. The van der Waals surface area contributed by atoms with Crippen LogP contribution in [0.2, 0.25) is 0 Å². The molecule has 0 N–H and O–H groups in total. The van der Waals surface area contributed by atoms with Crippen LogP contribution in [0, 0.1) is 11.3 Å². The maximum Gasteiger partial charge on any atom is 0.471 e. The topological polar surface area (TPSA) is 49.9 Å². The number of carbonyl (C=O) groups is 2. The van der Waals surface area contributed by atoms with E-state index in [2.05, 4.69) is 4.90 Å². The van der Waals surface area contributed by atoms with Gasteiger partial charge in [0.15, 0.2) is 0 Å². The van der Waals surface area contributed by atoms with Gasteiger partial charge in [-0.15, -0.1) is 0 Å². The van der Waals surface area contributed by atoms with Crippen LogP contribution >= 0.6 is 0 Å². The molecule has 0 bridgehead atoms. The number of alkyl halides is 3. The average Bonchev–Trinajstić information content (AvgIpc) is 3.64. The van der Waals surface area contributed by atoms with Gasteiger partial charge < -0.3 is 9.64 Å². The Bertz CT molecular complexity index is 1230. The van der Waals surface area contributed by atoms with Crippen LogP contribution in [0.5, 0.6) is 0 Å². The Morgan fingerprint density at radius 2 is 1.68 bits per heavy atom. The number of esters is 1. The SMILES string of the molecule is CCC(=Cc1ccccc1)C1C[C@@H]1N(CC1(C)CN(Cc2ccc(C(=O)OC(C)(C)C)cc2)C1)C(=O)C(F)(F)F. The molecule has 1 aliphatic heterocycles. The van der Waals surface area contributed by atoms with Gasteiger partial charge in [0.25, 0.3) is 0 Å². The summed E-state index contributed by atoms with van der Waals surface area (Å²) >= 11 is 0. The lowest BCUT2D eigenvalue weighted by Gasteiger charge is -2.50. The fraction of sp³-hybridized carbons (Fsp3) is 0.500. The number of nitrogens with zero attached hydrogens (tertiary/aromatic N) is 2. The number of benzene rings is 2.